The zero-order chi connectivity index (χ0) is 33.3. The van der Waals surface area contributed by atoms with Gasteiger partial charge in [0.2, 0.25) is 11.8 Å². The number of amides is 2. The van der Waals surface area contributed by atoms with E-state index < -0.39 is 36.2 Å². The van der Waals surface area contributed by atoms with Crippen LogP contribution in [0.25, 0.3) is 10.9 Å². The summed E-state index contributed by atoms with van der Waals surface area (Å²) in [5.74, 6) is -3.92. The Balaban J connectivity index is 0.997. The van der Waals surface area contributed by atoms with Crippen LogP contribution in [0.15, 0.2) is 42.5 Å². The molecule has 4 fully saturated rings. The highest BCUT2D eigenvalue weighted by Crippen LogP contribution is 2.39. The van der Waals surface area contributed by atoms with Gasteiger partial charge in [0, 0.05) is 57.3 Å². The first-order valence-electron chi connectivity index (χ1n) is 16.6. The summed E-state index contributed by atoms with van der Waals surface area (Å²) >= 11 is 0. The van der Waals surface area contributed by atoms with Crippen LogP contribution in [0.2, 0.25) is 0 Å². The summed E-state index contributed by atoms with van der Waals surface area (Å²) in [6.45, 7) is 10.5. The summed E-state index contributed by atoms with van der Waals surface area (Å²) in [6.07, 6.45) is 1.09. The Morgan fingerprint density at radius 1 is 0.894 bits per heavy atom. The van der Waals surface area contributed by atoms with Gasteiger partial charge in [0.25, 0.3) is 5.92 Å². The van der Waals surface area contributed by atoms with Crippen molar-refractivity contribution in [1.29, 1.82) is 0 Å². The van der Waals surface area contributed by atoms with E-state index in [1.54, 1.807) is 9.58 Å². The molecule has 4 saturated heterocycles. The molecule has 2 aromatic carbocycles. The predicted molar refractivity (Wildman–Crippen MR) is 177 cm³/mol. The van der Waals surface area contributed by atoms with Gasteiger partial charge in [-0.25, -0.2) is 8.78 Å². The number of piperidine rings is 2. The lowest BCUT2D eigenvalue weighted by Crippen LogP contribution is -2.62. The Morgan fingerprint density at radius 3 is 2.21 bits per heavy atom. The summed E-state index contributed by atoms with van der Waals surface area (Å²) in [5, 5.41) is 8.03. The molecule has 2 amide bonds. The molecule has 0 bridgehead atoms. The number of piperazine rings is 1. The van der Waals surface area contributed by atoms with Gasteiger partial charge in [-0.15, -0.1) is 0 Å². The van der Waals surface area contributed by atoms with Crippen molar-refractivity contribution in [2.75, 3.05) is 49.1 Å². The van der Waals surface area contributed by atoms with Crippen LogP contribution < -0.4 is 20.6 Å². The molecule has 1 N–H and O–H groups in total. The van der Waals surface area contributed by atoms with Gasteiger partial charge in [0.05, 0.1) is 46.6 Å². The van der Waals surface area contributed by atoms with Crippen molar-refractivity contribution in [3.05, 3.63) is 48.2 Å². The molecule has 4 aliphatic heterocycles. The summed E-state index contributed by atoms with van der Waals surface area (Å²) in [4.78, 5) is 30.3. The van der Waals surface area contributed by atoms with Crippen molar-refractivity contribution in [2.24, 2.45) is 7.05 Å². The highest BCUT2D eigenvalue weighted by atomic mass is 19.3. The smallest absolute Gasteiger partial charge is 0.399 e. The maximum atomic E-state index is 15.8. The van der Waals surface area contributed by atoms with E-state index in [0.717, 1.165) is 27.7 Å². The van der Waals surface area contributed by atoms with Crippen molar-refractivity contribution in [1.82, 2.24) is 20.0 Å². The average Bonchev–Trinajstić information content (AvgIpc) is 3.47. The highest BCUT2D eigenvalue weighted by molar-refractivity contribution is 6.62. The van der Waals surface area contributed by atoms with Gasteiger partial charge < -0.3 is 19.1 Å². The summed E-state index contributed by atoms with van der Waals surface area (Å²) in [5.41, 5.74) is 3.31. The second-order valence-electron chi connectivity index (χ2n) is 14.4. The molecule has 0 saturated carbocycles. The zero-order valence-electron chi connectivity index (χ0n) is 27.8. The number of rotatable bonds is 5. The zero-order valence-corrected chi connectivity index (χ0v) is 27.8. The van der Waals surface area contributed by atoms with Gasteiger partial charge in [-0.2, -0.15) is 5.10 Å². The summed E-state index contributed by atoms with van der Waals surface area (Å²) in [6, 6.07) is 12.7. The topological polar surface area (TPSA) is 92.2 Å². The highest BCUT2D eigenvalue weighted by Gasteiger charge is 2.52. The third-order valence-corrected chi connectivity index (χ3v) is 10.9. The van der Waals surface area contributed by atoms with E-state index >= 15 is 8.78 Å². The fraction of sp³-hybridized carbons (Fsp3) is 0.559. The number of aryl methyl sites for hydroxylation is 1. The van der Waals surface area contributed by atoms with Crippen molar-refractivity contribution < 1.29 is 27.7 Å². The monoisotopic (exact) mass is 648 g/mol. The van der Waals surface area contributed by atoms with Crippen molar-refractivity contribution in [3.63, 3.8) is 0 Å². The third-order valence-electron chi connectivity index (χ3n) is 10.9. The number of aromatic nitrogens is 2. The molecular weight excluding hydrogens is 605 g/mol. The maximum Gasteiger partial charge on any atom is 0.494 e. The number of imide groups is 1. The number of benzene rings is 2. The maximum absolute atomic E-state index is 15.8. The van der Waals surface area contributed by atoms with E-state index in [0.29, 0.717) is 51.3 Å². The number of alkyl halides is 2. The molecule has 10 nitrogen and oxygen atoms in total. The van der Waals surface area contributed by atoms with Crippen molar-refractivity contribution >= 4 is 46.7 Å². The Labute approximate surface area is 274 Å². The van der Waals surface area contributed by atoms with Crippen molar-refractivity contribution in [2.45, 2.75) is 76.0 Å². The van der Waals surface area contributed by atoms with Crippen LogP contribution in [0, 0.1) is 0 Å². The molecule has 13 heteroatoms. The fourth-order valence-corrected chi connectivity index (χ4v) is 7.50. The Bertz CT molecular complexity index is 1670. The standard InChI is InChI=1S/C34H43BF2N6O4/c1-32(2)33(3,4)47-35(46-32)22-9-11-23(12-10-22)43-16-15-27(34(36,37)21-43)42-19-17-41(18-20-42)26-8-6-7-24-29(39-40(5)30(24)26)25-13-14-28(44)38-31(25)45/h6-12,25,27H,13-21H2,1-5H3,(H,38,44,45)/t25?,27-/m0/s1. The molecular formula is C34H43BF2N6O4. The van der Waals surface area contributed by atoms with Crippen molar-refractivity contribution in [3.8, 4) is 0 Å². The van der Waals surface area contributed by atoms with Crippen LogP contribution in [0.3, 0.4) is 0 Å². The van der Waals surface area contributed by atoms with Gasteiger partial charge >= 0.3 is 7.12 Å². The third kappa shape index (κ3) is 5.70. The lowest BCUT2D eigenvalue weighted by Gasteiger charge is -2.47. The minimum absolute atomic E-state index is 0.255. The second kappa shape index (κ2) is 11.6. The van der Waals surface area contributed by atoms with Crippen LogP contribution in [0.1, 0.15) is 58.6 Å². The number of carbonyl (C=O) groups is 2. The number of fused-ring (bicyclic) bond motifs is 1. The van der Waals surface area contributed by atoms with Crippen LogP contribution in [0.5, 0.6) is 0 Å². The van der Waals surface area contributed by atoms with Gasteiger partial charge in [0.1, 0.15) is 0 Å². The minimum Gasteiger partial charge on any atom is -0.399 e. The van der Waals surface area contributed by atoms with E-state index in [4.69, 9.17) is 14.4 Å². The lowest BCUT2D eigenvalue weighted by atomic mass is 9.79. The lowest BCUT2D eigenvalue weighted by molar-refractivity contribution is -0.134. The number of nitrogens with zero attached hydrogens (tertiary/aromatic N) is 5. The summed E-state index contributed by atoms with van der Waals surface area (Å²) < 4.78 is 45.7. The van der Waals surface area contributed by atoms with Crippen LogP contribution in [-0.2, 0) is 25.9 Å². The predicted octanol–water partition coefficient (Wildman–Crippen LogP) is 3.43. The number of halogens is 2. The van der Waals surface area contributed by atoms with E-state index in [1.165, 1.54) is 0 Å². The van der Waals surface area contributed by atoms with Gasteiger partial charge in [0.15, 0.2) is 0 Å². The van der Waals surface area contributed by atoms with Gasteiger partial charge in [-0.05, 0) is 64.2 Å². The molecule has 0 spiro atoms. The number of carbonyl (C=O) groups excluding carboxylic acids is 2. The molecule has 47 heavy (non-hydrogen) atoms. The van der Waals surface area contributed by atoms with E-state index in [1.807, 2.05) is 82.1 Å². The van der Waals surface area contributed by atoms with Gasteiger partial charge in [-0.3, -0.25) is 24.5 Å². The molecule has 1 unspecified atom stereocenters. The van der Waals surface area contributed by atoms with Crippen LogP contribution >= 0.6 is 0 Å². The number of hydrogen-bond acceptors (Lipinski definition) is 8. The molecule has 0 aliphatic carbocycles. The normalized spacial score (nSPS) is 26.2. The molecule has 1 aromatic heterocycles. The fourth-order valence-electron chi connectivity index (χ4n) is 7.50. The Hall–Kier alpha value is -3.55. The molecule has 250 valence electrons. The second-order valence-corrected chi connectivity index (χ2v) is 14.4. The van der Waals surface area contributed by atoms with Gasteiger partial charge in [-0.1, -0.05) is 24.3 Å². The first kappa shape index (κ1) is 32.0. The summed E-state index contributed by atoms with van der Waals surface area (Å²) in [7, 11) is 1.37. The molecule has 2 atom stereocenters. The molecule has 3 aromatic rings. The molecule has 0 radical (unpaired) electrons. The quantitative estimate of drug-likeness (QED) is 0.333. The molecule has 7 rings (SSSR count). The SMILES string of the molecule is Cn1nc(C2CCC(=O)NC2=O)c2cccc(N3CCN([C@H]4CCN(c5ccc(B6OC(C)(C)C(C)(C)O6)cc5)CC4(F)F)CC3)c21. The first-order valence-corrected chi connectivity index (χ1v) is 16.6. The van der Waals surface area contributed by atoms with E-state index in [-0.39, 0.29) is 24.8 Å². The number of para-hydroxylation sites is 1. The number of nitrogens with one attached hydrogen (secondary N) is 1. The minimum atomic E-state index is -2.87. The van der Waals surface area contributed by atoms with Crippen LogP contribution in [0.4, 0.5) is 20.2 Å². The van der Waals surface area contributed by atoms with E-state index in [9.17, 15) is 9.59 Å². The van der Waals surface area contributed by atoms with E-state index in [2.05, 4.69) is 10.2 Å². The first-order chi connectivity index (χ1) is 22.2. The molecule has 4 aliphatic rings. The number of hydrogen-bond donors (Lipinski definition) is 1. The largest absolute Gasteiger partial charge is 0.494 e. The molecule has 5 heterocycles. The Morgan fingerprint density at radius 2 is 1.57 bits per heavy atom. The number of anilines is 2. The Kier molecular flexibility index (Phi) is 7.87. The average molecular weight is 649 g/mol. The van der Waals surface area contributed by atoms with Crippen LogP contribution in [-0.4, -0.2) is 96.0 Å².